The van der Waals surface area contributed by atoms with Gasteiger partial charge in [0.25, 0.3) is 0 Å². The molecule has 0 saturated carbocycles. The highest BCUT2D eigenvalue weighted by Gasteiger charge is 2.08. The van der Waals surface area contributed by atoms with Crippen LogP contribution in [0.15, 0.2) is 34.6 Å². The van der Waals surface area contributed by atoms with Gasteiger partial charge in [0.2, 0.25) is 0 Å². The molecule has 136 valence electrons. The first-order chi connectivity index (χ1) is 12.0. The van der Waals surface area contributed by atoms with E-state index in [9.17, 15) is 0 Å². The third-order valence-corrected chi connectivity index (χ3v) is 4.29. The van der Waals surface area contributed by atoms with E-state index in [-0.39, 0.29) is 6.10 Å². The van der Waals surface area contributed by atoms with Gasteiger partial charge >= 0.3 is 0 Å². The van der Waals surface area contributed by atoms with E-state index in [2.05, 4.69) is 39.6 Å². The number of aliphatic imine (C=N–C) groups is 1. The lowest BCUT2D eigenvalue weighted by Gasteiger charge is -2.21. The van der Waals surface area contributed by atoms with Gasteiger partial charge in [0.15, 0.2) is 5.96 Å². The van der Waals surface area contributed by atoms with Crippen LogP contribution >= 0.6 is 11.3 Å². The predicted octanol–water partition coefficient (Wildman–Crippen LogP) is 3.84. The third-order valence-electron chi connectivity index (χ3n) is 3.47. The van der Waals surface area contributed by atoms with Crippen LogP contribution in [-0.4, -0.2) is 35.5 Å². The van der Waals surface area contributed by atoms with Crippen molar-refractivity contribution in [2.45, 2.75) is 46.9 Å². The highest BCUT2D eigenvalue weighted by atomic mass is 32.1. The number of aromatic nitrogens is 1. The average molecular weight is 361 g/mol. The Kier molecular flexibility index (Phi) is 7.25. The zero-order chi connectivity index (χ0) is 18.2. The van der Waals surface area contributed by atoms with Crippen molar-refractivity contribution in [1.29, 1.82) is 0 Å². The number of nitrogens with zero attached hydrogens (tertiary/aromatic N) is 3. The Balaban J connectivity index is 2.00. The van der Waals surface area contributed by atoms with Gasteiger partial charge in [0, 0.05) is 19.0 Å². The monoisotopic (exact) mass is 360 g/mol. The van der Waals surface area contributed by atoms with E-state index in [0.717, 1.165) is 41.1 Å². The summed E-state index contributed by atoms with van der Waals surface area (Å²) in [7, 11) is 2.04. The first kappa shape index (κ1) is 19.2. The molecule has 1 aromatic heterocycles. The Morgan fingerprint density at radius 3 is 2.60 bits per heavy atom. The molecule has 0 aliphatic carbocycles. The molecule has 0 aliphatic heterocycles. The highest BCUT2D eigenvalue weighted by molar-refractivity contribution is 7.09. The molecular weight excluding hydrogens is 332 g/mol. The summed E-state index contributed by atoms with van der Waals surface area (Å²) in [4.78, 5) is 11.4. The van der Waals surface area contributed by atoms with Crippen LogP contribution in [0.4, 0.5) is 0 Å². The number of ether oxygens (including phenoxy) is 1. The molecule has 0 spiro atoms. The quantitative estimate of drug-likeness (QED) is 0.602. The second-order valence-corrected chi connectivity index (χ2v) is 7.26. The number of guanidine groups is 1. The van der Waals surface area contributed by atoms with Crippen LogP contribution in [0.1, 0.15) is 37.0 Å². The van der Waals surface area contributed by atoms with Gasteiger partial charge in [-0.05, 0) is 45.4 Å². The minimum absolute atomic E-state index is 0.187. The normalized spacial score (nSPS) is 11.7. The molecule has 25 heavy (non-hydrogen) atoms. The summed E-state index contributed by atoms with van der Waals surface area (Å²) in [6.07, 6.45) is 0.187. The van der Waals surface area contributed by atoms with E-state index in [1.807, 2.05) is 40.0 Å². The Bertz CT molecular complexity index is 679. The molecule has 0 unspecified atom stereocenters. The van der Waals surface area contributed by atoms with E-state index in [0.29, 0.717) is 6.54 Å². The molecule has 0 bridgehead atoms. The van der Waals surface area contributed by atoms with Crippen LogP contribution < -0.4 is 10.1 Å². The number of rotatable bonds is 7. The Morgan fingerprint density at radius 1 is 1.32 bits per heavy atom. The topological polar surface area (TPSA) is 49.8 Å². The summed E-state index contributed by atoms with van der Waals surface area (Å²) in [6.45, 7) is 10.4. The summed E-state index contributed by atoms with van der Waals surface area (Å²) in [6, 6.07) is 8.13. The van der Waals surface area contributed by atoms with Crippen LogP contribution in [0.25, 0.3) is 0 Å². The van der Waals surface area contributed by atoms with E-state index < -0.39 is 0 Å². The molecule has 0 atom stereocenters. The number of hydrogen-bond donors (Lipinski definition) is 1. The lowest BCUT2D eigenvalue weighted by Crippen LogP contribution is -2.38. The van der Waals surface area contributed by atoms with Crippen LogP contribution in [0.3, 0.4) is 0 Å². The second-order valence-electron chi connectivity index (χ2n) is 6.19. The Labute approximate surface area is 154 Å². The predicted molar refractivity (Wildman–Crippen MR) is 105 cm³/mol. The molecule has 1 aromatic carbocycles. The fourth-order valence-corrected chi connectivity index (χ4v) is 2.98. The van der Waals surface area contributed by atoms with E-state index in [1.54, 1.807) is 11.3 Å². The summed E-state index contributed by atoms with van der Waals surface area (Å²) < 4.78 is 5.68. The van der Waals surface area contributed by atoms with Gasteiger partial charge in [-0.2, -0.15) is 0 Å². The van der Waals surface area contributed by atoms with E-state index >= 15 is 0 Å². The van der Waals surface area contributed by atoms with Crippen molar-refractivity contribution in [3.05, 3.63) is 45.9 Å². The van der Waals surface area contributed by atoms with E-state index in [1.165, 1.54) is 0 Å². The third kappa shape index (κ3) is 6.38. The van der Waals surface area contributed by atoms with Crippen molar-refractivity contribution in [1.82, 2.24) is 15.2 Å². The van der Waals surface area contributed by atoms with Gasteiger partial charge in [-0.25, -0.2) is 9.98 Å². The van der Waals surface area contributed by atoms with Crippen molar-refractivity contribution in [3.63, 3.8) is 0 Å². The maximum Gasteiger partial charge on any atom is 0.194 e. The molecule has 0 saturated heterocycles. The van der Waals surface area contributed by atoms with E-state index in [4.69, 9.17) is 9.73 Å². The fourth-order valence-electron chi connectivity index (χ4n) is 2.38. The SMILES string of the molecule is CCNC(=NCc1ccc(OC(C)C)cc1)N(C)Cc1csc(C)n1. The molecule has 1 N–H and O–H groups in total. The van der Waals surface area contributed by atoms with Gasteiger partial charge in [-0.1, -0.05) is 12.1 Å². The minimum atomic E-state index is 0.187. The number of nitrogens with one attached hydrogen (secondary N) is 1. The lowest BCUT2D eigenvalue weighted by atomic mass is 10.2. The molecular formula is C19H28N4OS. The van der Waals surface area contributed by atoms with Crippen LogP contribution in [-0.2, 0) is 13.1 Å². The van der Waals surface area contributed by atoms with Gasteiger partial charge in [0.05, 0.1) is 29.9 Å². The highest BCUT2D eigenvalue weighted by Crippen LogP contribution is 2.15. The number of hydrogen-bond acceptors (Lipinski definition) is 4. The minimum Gasteiger partial charge on any atom is -0.491 e. The van der Waals surface area contributed by atoms with Crippen LogP contribution in [0.2, 0.25) is 0 Å². The summed E-state index contributed by atoms with van der Waals surface area (Å²) >= 11 is 1.68. The second kappa shape index (κ2) is 9.42. The van der Waals surface area contributed by atoms with Crippen LogP contribution in [0.5, 0.6) is 5.75 Å². The largest absolute Gasteiger partial charge is 0.491 e. The summed E-state index contributed by atoms with van der Waals surface area (Å²) in [5.74, 6) is 1.78. The molecule has 0 fully saturated rings. The molecule has 0 aliphatic rings. The van der Waals surface area contributed by atoms with Gasteiger partial charge in [-0.3, -0.25) is 0 Å². The molecule has 2 aromatic rings. The standard InChI is InChI=1S/C19H28N4OS/c1-6-20-19(23(5)12-17-13-25-15(4)22-17)21-11-16-7-9-18(10-8-16)24-14(2)3/h7-10,13-14H,6,11-12H2,1-5H3,(H,20,21). The van der Waals surface area contributed by atoms with Crippen molar-refractivity contribution in [2.75, 3.05) is 13.6 Å². The Hall–Kier alpha value is -2.08. The Morgan fingerprint density at radius 2 is 2.04 bits per heavy atom. The maximum atomic E-state index is 5.68. The average Bonchev–Trinajstić information content (AvgIpc) is 2.97. The number of aryl methyl sites for hydroxylation is 1. The zero-order valence-corrected chi connectivity index (χ0v) is 16.6. The molecule has 5 nitrogen and oxygen atoms in total. The van der Waals surface area contributed by atoms with Crippen molar-refractivity contribution in [3.8, 4) is 5.75 Å². The summed E-state index contributed by atoms with van der Waals surface area (Å²) in [5, 5.41) is 6.54. The van der Waals surface area contributed by atoms with Crippen molar-refractivity contribution in [2.24, 2.45) is 4.99 Å². The smallest absolute Gasteiger partial charge is 0.194 e. The van der Waals surface area contributed by atoms with Gasteiger partial charge < -0.3 is 15.0 Å². The number of thiazole rings is 1. The molecule has 1 heterocycles. The maximum absolute atomic E-state index is 5.68. The lowest BCUT2D eigenvalue weighted by molar-refractivity contribution is 0.242. The van der Waals surface area contributed by atoms with Crippen molar-refractivity contribution < 1.29 is 4.74 Å². The first-order valence-corrected chi connectivity index (χ1v) is 9.52. The molecule has 0 radical (unpaired) electrons. The summed E-state index contributed by atoms with van der Waals surface area (Å²) in [5.41, 5.74) is 2.23. The number of benzene rings is 1. The van der Waals surface area contributed by atoms with Gasteiger partial charge in [0.1, 0.15) is 5.75 Å². The van der Waals surface area contributed by atoms with Crippen LogP contribution in [0, 0.1) is 6.92 Å². The van der Waals surface area contributed by atoms with Crippen molar-refractivity contribution >= 4 is 17.3 Å². The zero-order valence-electron chi connectivity index (χ0n) is 15.7. The first-order valence-electron chi connectivity index (χ1n) is 8.64. The molecule has 6 heteroatoms. The molecule has 2 rings (SSSR count). The fraction of sp³-hybridized carbons (Fsp3) is 0.474. The molecule has 0 amide bonds. The van der Waals surface area contributed by atoms with Gasteiger partial charge in [-0.15, -0.1) is 11.3 Å².